The Bertz CT molecular complexity index is 543. The topological polar surface area (TPSA) is 55.6 Å². The summed E-state index contributed by atoms with van der Waals surface area (Å²) in [6.07, 6.45) is 1.81. The lowest BCUT2D eigenvalue weighted by Crippen LogP contribution is -2.34. The Labute approximate surface area is 128 Å². The summed E-state index contributed by atoms with van der Waals surface area (Å²) in [5, 5.41) is 15.6. The molecule has 0 saturated carbocycles. The van der Waals surface area contributed by atoms with E-state index in [9.17, 15) is 4.39 Å². The molecule has 2 rings (SSSR count). The van der Waals surface area contributed by atoms with Gasteiger partial charge in [-0.05, 0) is 42.4 Å². The van der Waals surface area contributed by atoms with Crippen molar-refractivity contribution < 1.29 is 4.39 Å². The summed E-state index contributed by atoms with van der Waals surface area (Å²) in [6, 6.07) is 6.85. The van der Waals surface area contributed by atoms with Gasteiger partial charge in [0, 0.05) is 23.1 Å². The first-order valence-corrected chi connectivity index (χ1v) is 8.00. The molecular weight excluding hydrogens is 289 g/mol. The van der Waals surface area contributed by atoms with E-state index in [1.165, 1.54) is 16.9 Å². The number of hydrogen-bond acceptors (Lipinski definition) is 5. The SMILES string of the molecule is CCCNC(CSc1ccc(F)cc1)Cc1nnn(C)n1. The normalized spacial score (nSPS) is 12.5. The molecule has 7 heteroatoms. The van der Waals surface area contributed by atoms with E-state index < -0.39 is 0 Å². The molecule has 0 amide bonds. The minimum Gasteiger partial charge on any atom is -0.313 e. The lowest BCUT2D eigenvalue weighted by Gasteiger charge is -2.16. The minimum atomic E-state index is -0.205. The van der Waals surface area contributed by atoms with Crippen molar-refractivity contribution in [3.8, 4) is 0 Å². The monoisotopic (exact) mass is 309 g/mol. The summed E-state index contributed by atoms with van der Waals surface area (Å²) in [5.41, 5.74) is 0. The molecule has 1 N–H and O–H groups in total. The summed E-state index contributed by atoms with van der Waals surface area (Å²) in [7, 11) is 1.76. The fourth-order valence-electron chi connectivity index (χ4n) is 1.89. The summed E-state index contributed by atoms with van der Waals surface area (Å²) in [4.78, 5) is 2.53. The molecule has 0 radical (unpaired) electrons. The van der Waals surface area contributed by atoms with E-state index in [4.69, 9.17) is 0 Å². The maximum Gasteiger partial charge on any atom is 0.176 e. The van der Waals surface area contributed by atoms with E-state index in [1.807, 2.05) is 0 Å². The molecule has 1 aromatic heterocycles. The third kappa shape index (κ3) is 5.43. The van der Waals surface area contributed by atoms with Crippen LogP contribution in [0.15, 0.2) is 29.2 Å². The number of halogens is 1. The van der Waals surface area contributed by atoms with Gasteiger partial charge in [0.15, 0.2) is 5.82 Å². The number of aromatic nitrogens is 4. The van der Waals surface area contributed by atoms with Crippen LogP contribution in [0.2, 0.25) is 0 Å². The summed E-state index contributed by atoms with van der Waals surface area (Å²) in [6.45, 7) is 3.09. The second-order valence-corrected chi connectivity index (χ2v) is 5.91. The van der Waals surface area contributed by atoms with Crippen molar-refractivity contribution in [1.29, 1.82) is 0 Å². The van der Waals surface area contributed by atoms with E-state index in [2.05, 4.69) is 27.7 Å². The molecule has 2 aromatic rings. The molecule has 21 heavy (non-hydrogen) atoms. The Balaban J connectivity index is 1.90. The maximum atomic E-state index is 12.9. The fraction of sp³-hybridized carbons (Fsp3) is 0.500. The highest BCUT2D eigenvalue weighted by atomic mass is 32.2. The van der Waals surface area contributed by atoms with Crippen LogP contribution in [0.4, 0.5) is 4.39 Å². The van der Waals surface area contributed by atoms with Crippen LogP contribution < -0.4 is 5.32 Å². The highest BCUT2D eigenvalue weighted by Crippen LogP contribution is 2.19. The first-order valence-electron chi connectivity index (χ1n) is 7.02. The van der Waals surface area contributed by atoms with E-state index in [1.54, 1.807) is 30.9 Å². The molecule has 0 aliphatic carbocycles. The lowest BCUT2D eigenvalue weighted by molar-refractivity contribution is 0.537. The average molecular weight is 309 g/mol. The lowest BCUT2D eigenvalue weighted by atomic mass is 10.2. The Morgan fingerprint density at radius 2 is 2.10 bits per heavy atom. The van der Waals surface area contributed by atoms with E-state index in [0.717, 1.165) is 35.9 Å². The number of nitrogens with zero attached hydrogens (tertiary/aromatic N) is 4. The molecule has 0 aliphatic heterocycles. The van der Waals surface area contributed by atoms with Gasteiger partial charge in [0.05, 0.1) is 7.05 Å². The van der Waals surface area contributed by atoms with Gasteiger partial charge in [-0.2, -0.15) is 4.80 Å². The number of aryl methyl sites for hydroxylation is 1. The molecule has 1 heterocycles. The number of tetrazole rings is 1. The van der Waals surface area contributed by atoms with E-state index in [0.29, 0.717) is 0 Å². The number of benzene rings is 1. The number of nitrogens with one attached hydrogen (secondary N) is 1. The molecule has 1 aromatic carbocycles. The number of hydrogen-bond donors (Lipinski definition) is 1. The van der Waals surface area contributed by atoms with Crippen molar-refractivity contribution in [1.82, 2.24) is 25.5 Å². The number of thioether (sulfide) groups is 1. The molecule has 0 fully saturated rings. The fourth-order valence-corrected chi connectivity index (χ4v) is 2.85. The van der Waals surface area contributed by atoms with Gasteiger partial charge in [-0.25, -0.2) is 4.39 Å². The van der Waals surface area contributed by atoms with Crippen molar-refractivity contribution in [3.05, 3.63) is 35.9 Å². The van der Waals surface area contributed by atoms with Crippen molar-refractivity contribution >= 4 is 11.8 Å². The van der Waals surface area contributed by atoms with E-state index >= 15 is 0 Å². The molecule has 0 spiro atoms. The number of rotatable bonds is 8. The van der Waals surface area contributed by atoms with Gasteiger partial charge in [-0.1, -0.05) is 6.92 Å². The average Bonchev–Trinajstić information content (AvgIpc) is 2.89. The molecule has 0 aliphatic rings. The van der Waals surface area contributed by atoms with Crippen molar-refractivity contribution in [2.75, 3.05) is 12.3 Å². The molecule has 1 atom stereocenters. The predicted octanol–water partition coefficient (Wildman–Crippen LogP) is 2.05. The van der Waals surface area contributed by atoms with Crippen molar-refractivity contribution in [2.24, 2.45) is 7.05 Å². The smallest absolute Gasteiger partial charge is 0.176 e. The van der Waals surface area contributed by atoms with Crippen LogP contribution in [-0.4, -0.2) is 38.5 Å². The van der Waals surface area contributed by atoms with Crippen LogP contribution in [0.3, 0.4) is 0 Å². The van der Waals surface area contributed by atoms with Gasteiger partial charge in [0.1, 0.15) is 5.82 Å². The van der Waals surface area contributed by atoms with Gasteiger partial charge in [0.25, 0.3) is 0 Å². The second-order valence-electron chi connectivity index (χ2n) is 4.82. The maximum absolute atomic E-state index is 12.9. The van der Waals surface area contributed by atoms with Crippen molar-refractivity contribution in [3.63, 3.8) is 0 Å². The van der Waals surface area contributed by atoms with Crippen LogP contribution in [0.5, 0.6) is 0 Å². The summed E-state index contributed by atoms with van der Waals surface area (Å²) < 4.78 is 12.9. The van der Waals surface area contributed by atoms with Crippen LogP contribution in [0.25, 0.3) is 0 Å². The minimum absolute atomic E-state index is 0.205. The van der Waals surface area contributed by atoms with Crippen molar-refractivity contribution in [2.45, 2.75) is 30.7 Å². The van der Waals surface area contributed by atoms with E-state index in [-0.39, 0.29) is 11.9 Å². The molecule has 114 valence electrons. The molecule has 0 saturated heterocycles. The highest BCUT2D eigenvalue weighted by molar-refractivity contribution is 7.99. The van der Waals surface area contributed by atoms with Crippen LogP contribution in [0, 0.1) is 5.82 Å². The Morgan fingerprint density at radius 3 is 2.71 bits per heavy atom. The Hall–Kier alpha value is -1.47. The van der Waals surface area contributed by atoms with Gasteiger partial charge in [0.2, 0.25) is 0 Å². The third-order valence-electron chi connectivity index (χ3n) is 2.93. The molecule has 0 bridgehead atoms. The van der Waals surface area contributed by atoms with Gasteiger partial charge < -0.3 is 5.32 Å². The standard InChI is InChI=1S/C14H20FN5S/c1-3-8-16-12(9-14-17-19-20(2)18-14)10-21-13-6-4-11(15)5-7-13/h4-7,12,16H,3,8-10H2,1-2H3. The first kappa shape index (κ1) is 15.9. The zero-order valence-electron chi connectivity index (χ0n) is 12.3. The third-order valence-corrected chi connectivity index (χ3v) is 4.10. The Kier molecular flexibility index (Phi) is 6.13. The zero-order valence-corrected chi connectivity index (χ0v) is 13.1. The highest BCUT2D eigenvalue weighted by Gasteiger charge is 2.13. The molecule has 1 unspecified atom stereocenters. The largest absolute Gasteiger partial charge is 0.313 e. The van der Waals surface area contributed by atoms with Gasteiger partial charge in [-0.3, -0.25) is 0 Å². The van der Waals surface area contributed by atoms with Gasteiger partial charge in [-0.15, -0.1) is 22.0 Å². The van der Waals surface area contributed by atoms with Crippen LogP contribution >= 0.6 is 11.8 Å². The Morgan fingerprint density at radius 1 is 1.33 bits per heavy atom. The van der Waals surface area contributed by atoms with Crippen LogP contribution in [0.1, 0.15) is 19.2 Å². The summed E-state index contributed by atoms with van der Waals surface area (Å²) in [5.74, 6) is 1.42. The van der Waals surface area contributed by atoms with Gasteiger partial charge >= 0.3 is 0 Å². The summed E-state index contributed by atoms with van der Waals surface area (Å²) >= 11 is 1.70. The zero-order chi connectivity index (χ0) is 15.1. The second kappa shape index (κ2) is 8.09. The first-order chi connectivity index (χ1) is 10.2. The molecule has 5 nitrogen and oxygen atoms in total. The molecular formula is C14H20FN5S. The van der Waals surface area contributed by atoms with Crippen LogP contribution in [-0.2, 0) is 13.5 Å². The predicted molar refractivity (Wildman–Crippen MR) is 81.7 cm³/mol. The quantitative estimate of drug-likeness (QED) is 0.756.